The molecule has 7 nitrogen and oxygen atoms in total. The summed E-state index contributed by atoms with van der Waals surface area (Å²) in [5.41, 5.74) is 2.07. The van der Waals surface area contributed by atoms with Crippen molar-refractivity contribution in [3.05, 3.63) is 11.3 Å². The second-order valence-electron chi connectivity index (χ2n) is 7.45. The Morgan fingerprint density at radius 1 is 0.880 bits per heavy atom. The monoisotopic (exact) mass is 349 g/mol. The Hall–Kier alpha value is -1.44. The molecule has 2 aliphatic carbocycles. The first-order chi connectivity index (χ1) is 12.1. The summed E-state index contributed by atoms with van der Waals surface area (Å²) in [5.74, 6) is 1.24. The number of nitrogens with zero attached hydrogens (tertiary/aromatic N) is 3. The van der Waals surface area contributed by atoms with Crippen LogP contribution in [0.4, 0.5) is 5.95 Å². The summed E-state index contributed by atoms with van der Waals surface area (Å²) in [6.07, 6.45) is 3.89. The molecule has 2 fully saturated rings. The second kappa shape index (κ2) is 7.05. The number of rotatable bonds is 3. The molecule has 1 aliphatic heterocycles. The van der Waals surface area contributed by atoms with E-state index < -0.39 is 24.4 Å². The van der Waals surface area contributed by atoms with Gasteiger partial charge >= 0.3 is 0 Å². The van der Waals surface area contributed by atoms with Crippen LogP contribution >= 0.6 is 0 Å². The fourth-order valence-corrected chi connectivity index (χ4v) is 4.11. The van der Waals surface area contributed by atoms with E-state index in [0.717, 1.165) is 62.9 Å². The third-order valence-electron chi connectivity index (χ3n) is 5.63. The average molecular weight is 349 g/mol. The quantitative estimate of drug-likeness (QED) is 0.734. The largest absolute Gasteiger partial charge is 0.471 e. The van der Waals surface area contributed by atoms with Crippen LogP contribution in [-0.2, 0) is 12.8 Å². The second-order valence-corrected chi connectivity index (χ2v) is 7.45. The molecule has 1 aromatic rings. The van der Waals surface area contributed by atoms with E-state index in [2.05, 4.69) is 9.88 Å². The van der Waals surface area contributed by atoms with Gasteiger partial charge in [-0.1, -0.05) is 0 Å². The maximum Gasteiger partial charge on any atom is 0.228 e. The zero-order valence-electron chi connectivity index (χ0n) is 14.5. The molecule has 4 rings (SSSR count). The molecule has 0 bridgehead atoms. The van der Waals surface area contributed by atoms with Crippen LogP contribution in [-0.4, -0.2) is 62.8 Å². The number of ether oxygens (including phenoxy) is 1. The molecule has 0 unspecified atom stereocenters. The van der Waals surface area contributed by atoms with Crippen LogP contribution in [0.25, 0.3) is 0 Å². The lowest BCUT2D eigenvalue weighted by molar-refractivity contribution is -0.0374. The summed E-state index contributed by atoms with van der Waals surface area (Å²) in [5, 5.41) is 29.7. The van der Waals surface area contributed by atoms with Crippen LogP contribution in [0.15, 0.2) is 0 Å². The highest BCUT2D eigenvalue weighted by molar-refractivity contribution is 5.42. The minimum atomic E-state index is -1.16. The number of piperidine rings is 1. The van der Waals surface area contributed by atoms with Crippen molar-refractivity contribution in [1.82, 2.24) is 9.97 Å². The number of aliphatic hydroxyl groups is 3. The predicted molar refractivity (Wildman–Crippen MR) is 91.8 cm³/mol. The molecule has 138 valence electrons. The maximum absolute atomic E-state index is 10.1. The fourth-order valence-electron chi connectivity index (χ4n) is 4.11. The van der Waals surface area contributed by atoms with Gasteiger partial charge in [0.1, 0.15) is 18.3 Å². The Morgan fingerprint density at radius 2 is 1.64 bits per heavy atom. The molecule has 0 aromatic carbocycles. The van der Waals surface area contributed by atoms with Gasteiger partial charge < -0.3 is 25.0 Å². The van der Waals surface area contributed by atoms with Gasteiger partial charge in [-0.15, -0.1) is 0 Å². The zero-order chi connectivity index (χ0) is 17.4. The van der Waals surface area contributed by atoms with Crippen molar-refractivity contribution in [2.24, 2.45) is 0 Å². The third-order valence-corrected chi connectivity index (χ3v) is 5.63. The van der Waals surface area contributed by atoms with Crippen molar-refractivity contribution in [1.29, 1.82) is 0 Å². The topological polar surface area (TPSA) is 98.9 Å². The Morgan fingerprint density at radius 3 is 2.36 bits per heavy atom. The third kappa shape index (κ3) is 3.32. The minimum absolute atomic E-state index is 0.208. The van der Waals surface area contributed by atoms with E-state index in [1.165, 1.54) is 6.42 Å². The Bertz CT molecular complexity index is 621. The van der Waals surface area contributed by atoms with E-state index in [1.54, 1.807) is 0 Å². The molecule has 3 aliphatic rings. The van der Waals surface area contributed by atoms with E-state index in [9.17, 15) is 15.3 Å². The summed E-state index contributed by atoms with van der Waals surface area (Å²) >= 11 is 0. The lowest BCUT2D eigenvalue weighted by atomic mass is 9.97. The summed E-state index contributed by atoms with van der Waals surface area (Å²) in [4.78, 5) is 11.7. The summed E-state index contributed by atoms with van der Waals surface area (Å²) in [6.45, 7) is 1.92. The van der Waals surface area contributed by atoms with Gasteiger partial charge in [-0.25, -0.2) is 4.98 Å². The van der Waals surface area contributed by atoms with Crippen molar-refractivity contribution >= 4 is 5.95 Å². The van der Waals surface area contributed by atoms with Crippen LogP contribution < -0.4 is 9.64 Å². The van der Waals surface area contributed by atoms with Crippen molar-refractivity contribution in [3.8, 4) is 5.88 Å². The SMILES string of the molecule is O[C@@H]1[C@H](O)[C@@H](Oc2nc(N3CCCCC3)nc3c2CCCC3)C[C@H]1O. The first kappa shape index (κ1) is 17.0. The van der Waals surface area contributed by atoms with E-state index in [4.69, 9.17) is 9.72 Å². The molecule has 1 saturated heterocycles. The van der Waals surface area contributed by atoms with Crippen LogP contribution in [0.3, 0.4) is 0 Å². The molecule has 0 spiro atoms. The predicted octanol–water partition coefficient (Wildman–Crippen LogP) is 0.579. The van der Waals surface area contributed by atoms with Crippen molar-refractivity contribution in [2.75, 3.05) is 18.0 Å². The first-order valence-electron chi connectivity index (χ1n) is 9.49. The molecule has 1 aromatic heterocycles. The number of aryl methyl sites for hydroxylation is 1. The van der Waals surface area contributed by atoms with E-state index in [1.807, 2.05) is 0 Å². The number of anilines is 1. The normalized spacial score (nSPS) is 32.5. The van der Waals surface area contributed by atoms with Crippen molar-refractivity contribution < 1.29 is 20.1 Å². The van der Waals surface area contributed by atoms with Gasteiger partial charge in [0, 0.05) is 25.1 Å². The van der Waals surface area contributed by atoms with Crippen LogP contribution in [0.1, 0.15) is 49.8 Å². The molecule has 4 atom stereocenters. The fraction of sp³-hybridized carbons (Fsp3) is 0.778. The molecule has 0 radical (unpaired) electrons. The summed E-state index contributed by atoms with van der Waals surface area (Å²) in [6, 6.07) is 0. The molecular formula is C18H27N3O4. The molecular weight excluding hydrogens is 322 g/mol. The smallest absolute Gasteiger partial charge is 0.228 e. The molecule has 2 heterocycles. The van der Waals surface area contributed by atoms with Gasteiger partial charge in [0.15, 0.2) is 0 Å². The molecule has 1 saturated carbocycles. The van der Waals surface area contributed by atoms with Crippen molar-refractivity contribution in [3.63, 3.8) is 0 Å². The van der Waals surface area contributed by atoms with Crippen molar-refractivity contribution in [2.45, 2.75) is 75.8 Å². The molecule has 7 heteroatoms. The van der Waals surface area contributed by atoms with Crippen LogP contribution in [0.5, 0.6) is 5.88 Å². The molecule has 25 heavy (non-hydrogen) atoms. The Kier molecular flexibility index (Phi) is 4.80. The number of aliphatic hydroxyl groups excluding tert-OH is 3. The number of aromatic nitrogens is 2. The summed E-state index contributed by atoms with van der Waals surface area (Å²) in [7, 11) is 0. The highest BCUT2D eigenvalue weighted by Gasteiger charge is 2.42. The van der Waals surface area contributed by atoms with E-state index in [-0.39, 0.29) is 6.42 Å². The highest BCUT2D eigenvalue weighted by Crippen LogP contribution is 2.33. The number of hydrogen-bond donors (Lipinski definition) is 3. The number of hydrogen-bond acceptors (Lipinski definition) is 7. The number of fused-ring (bicyclic) bond motifs is 1. The summed E-state index contributed by atoms with van der Waals surface area (Å²) < 4.78 is 6.01. The van der Waals surface area contributed by atoms with Gasteiger partial charge in [-0.2, -0.15) is 4.98 Å². The molecule has 0 amide bonds. The van der Waals surface area contributed by atoms with Gasteiger partial charge in [-0.05, 0) is 44.9 Å². The molecule has 3 N–H and O–H groups in total. The Balaban J connectivity index is 1.63. The standard InChI is InChI=1S/C18H27N3O4/c22-13-10-14(16(24)15(13)23)25-17-11-6-2-3-7-12(11)19-18(20-17)21-8-4-1-5-9-21/h13-16,22-24H,1-10H2/t13-,14+,15+,16-/m1/s1. The minimum Gasteiger partial charge on any atom is -0.471 e. The first-order valence-corrected chi connectivity index (χ1v) is 9.49. The lowest BCUT2D eigenvalue weighted by Gasteiger charge is -2.29. The van der Waals surface area contributed by atoms with E-state index >= 15 is 0 Å². The van der Waals surface area contributed by atoms with Gasteiger partial charge in [-0.3, -0.25) is 0 Å². The van der Waals surface area contributed by atoms with Crippen LogP contribution in [0.2, 0.25) is 0 Å². The average Bonchev–Trinajstić information content (AvgIpc) is 2.89. The highest BCUT2D eigenvalue weighted by atomic mass is 16.5. The zero-order valence-corrected chi connectivity index (χ0v) is 14.5. The van der Waals surface area contributed by atoms with Gasteiger partial charge in [0.2, 0.25) is 11.8 Å². The van der Waals surface area contributed by atoms with Crippen LogP contribution in [0, 0.1) is 0 Å². The lowest BCUT2D eigenvalue weighted by Crippen LogP contribution is -2.35. The Labute approximate surface area is 147 Å². The van der Waals surface area contributed by atoms with Gasteiger partial charge in [0.25, 0.3) is 0 Å². The van der Waals surface area contributed by atoms with E-state index in [0.29, 0.717) is 11.8 Å². The van der Waals surface area contributed by atoms with Gasteiger partial charge in [0.05, 0.1) is 11.8 Å². The maximum atomic E-state index is 10.1.